The molecule has 1 amide bonds. The Hall–Kier alpha value is -3.06. The van der Waals surface area contributed by atoms with Crippen LogP contribution in [0.15, 0.2) is 42.5 Å². The molecule has 0 unspecified atom stereocenters. The van der Waals surface area contributed by atoms with Crippen LogP contribution in [0.4, 0.5) is 8.78 Å². The lowest BCUT2D eigenvalue weighted by atomic mass is 10.1. The summed E-state index contributed by atoms with van der Waals surface area (Å²) >= 11 is 6.34. The molecule has 5 nitrogen and oxygen atoms in total. The number of benzene rings is 2. The molecule has 30 heavy (non-hydrogen) atoms. The van der Waals surface area contributed by atoms with E-state index in [0.717, 1.165) is 28.6 Å². The lowest BCUT2D eigenvalue weighted by molar-refractivity contribution is -0.145. The van der Waals surface area contributed by atoms with Crippen LogP contribution in [0.3, 0.4) is 0 Å². The van der Waals surface area contributed by atoms with Gasteiger partial charge in [-0.25, -0.2) is 13.8 Å². The van der Waals surface area contributed by atoms with E-state index in [1.54, 1.807) is 0 Å². The van der Waals surface area contributed by atoms with Gasteiger partial charge in [-0.3, -0.25) is 9.59 Å². The molecule has 3 aromatic rings. The fraction of sp³-hybridized carbons (Fsp3) is 0.227. The van der Waals surface area contributed by atoms with Gasteiger partial charge in [0.15, 0.2) is 0 Å². The molecule has 8 heteroatoms. The first kappa shape index (κ1) is 21.6. The first-order chi connectivity index (χ1) is 14.4. The molecule has 3 rings (SSSR count). The number of ether oxygens (including phenoxy) is 1. The number of aromatic nitrogens is 1. The van der Waals surface area contributed by atoms with E-state index in [2.05, 4.69) is 10.3 Å². The molecule has 0 atom stereocenters. The van der Waals surface area contributed by atoms with Gasteiger partial charge in [0.05, 0.1) is 21.8 Å². The summed E-state index contributed by atoms with van der Waals surface area (Å²) in [5.74, 6) is -2.85. The van der Waals surface area contributed by atoms with Crippen molar-refractivity contribution in [1.29, 1.82) is 0 Å². The molecule has 0 fully saturated rings. The molecule has 0 saturated heterocycles. The lowest BCUT2D eigenvalue weighted by Crippen LogP contribution is -2.26. The van der Waals surface area contributed by atoms with Crippen LogP contribution in [0, 0.1) is 18.6 Å². The van der Waals surface area contributed by atoms with Gasteiger partial charge in [-0.15, -0.1) is 0 Å². The smallest absolute Gasteiger partial charge is 0.306 e. The Balaban J connectivity index is 1.47. The third kappa shape index (κ3) is 5.10. The van der Waals surface area contributed by atoms with Gasteiger partial charge in [0.1, 0.15) is 18.2 Å². The molecule has 0 spiro atoms. The Bertz CT molecular complexity index is 1110. The number of carbonyl (C=O) groups excluding carboxylic acids is 2. The summed E-state index contributed by atoms with van der Waals surface area (Å²) in [5.41, 5.74) is 1.85. The number of rotatable bonds is 7. The number of esters is 1. The highest BCUT2D eigenvalue weighted by Gasteiger charge is 2.14. The number of fused-ring (bicyclic) bond motifs is 1. The lowest BCUT2D eigenvalue weighted by Gasteiger charge is -2.11. The molecule has 1 heterocycles. The van der Waals surface area contributed by atoms with Gasteiger partial charge in [-0.1, -0.05) is 29.8 Å². The van der Waals surface area contributed by atoms with Crippen molar-refractivity contribution >= 4 is 34.4 Å². The normalized spacial score (nSPS) is 10.8. The maximum Gasteiger partial charge on any atom is 0.306 e. The highest BCUT2D eigenvalue weighted by molar-refractivity contribution is 6.32. The van der Waals surface area contributed by atoms with E-state index in [9.17, 15) is 18.4 Å². The average Bonchev–Trinajstić information content (AvgIpc) is 2.72. The van der Waals surface area contributed by atoms with Crippen LogP contribution in [0.1, 0.15) is 34.5 Å². The van der Waals surface area contributed by atoms with E-state index in [1.165, 1.54) is 0 Å². The maximum absolute atomic E-state index is 13.6. The third-order valence-electron chi connectivity index (χ3n) is 4.53. The molecule has 0 saturated carbocycles. The van der Waals surface area contributed by atoms with Crippen molar-refractivity contribution in [3.63, 3.8) is 0 Å². The number of nitrogens with one attached hydrogen (secondary N) is 1. The molecule has 1 aromatic heterocycles. The number of carbonyl (C=O) groups is 2. The van der Waals surface area contributed by atoms with E-state index in [1.807, 2.05) is 31.2 Å². The number of nitrogens with zero attached hydrogens (tertiary/aromatic N) is 1. The highest BCUT2D eigenvalue weighted by atomic mass is 35.5. The second kappa shape index (κ2) is 9.63. The van der Waals surface area contributed by atoms with E-state index >= 15 is 0 Å². The van der Waals surface area contributed by atoms with E-state index in [0.29, 0.717) is 23.2 Å². The number of aryl methyl sites for hydroxylation is 1. The van der Waals surface area contributed by atoms with Crippen LogP contribution < -0.4 is 5.32 Å². The number of pyridine rings is 1. The van der Waals surface area contributed by atoms with Gasteiger partial charge in [-0.05, 0) is 37.1 Å². The zero-order valence-electron chi connectivity index (χ0n) is 16.2. The largest absolute Gasteiger partial charge is 0.459 e. The molecule has 0 aliphatic carbocycles. The van der Waals surface area contributed by atoms with Crippen molar-refractivity contribution in [2.75, 3.05) is 6.54 Å². The van der Waals surface area contributed by atoms with Gasteiger partial charge in [0.2, 0.25) is 0 Å². The van der Waals surface area contributed by atoms with Crippen LogP contribution in [-0.4, -0.2) is 23.4 Å². The Labute approximate surface area is 177 Å². The molecule has 1 N–H and O–H groups in total. The molecule has 0 radical (unpaired) electrons. The number of hydrogen-bond acceptors (Lipinski definition) is 4. The predicted molar refractivity (Wildman–Crippen MR) is 109 cm³/mol. The van der Waals surface area contributed by atoms with Crippen molar-refractivity contribution in [2.24, 2.45) is 0 Å². The summed E-state index contributed by atoms with van der Waals surface area (Å²) in [6, 6.07) is 10.3. The van der Waals surface area contributed by atoms with Crippen LogP contribution >= 0.6 is 11.6 Å². The monoisotopic (exact) mass is 432 g/mol. The zero-order chi connectivity index (χ0) is 21.7. The minimum absolute atomic E-state index is 0.0519. The van der Waals surface area contributed by atoms with Crippen molar-refractivity contribution < 1.29 is 23.1 Å². The second-order valence-corrected chi connectivity index (χ2v) is 7.04. The summed E-state index contributed by atoms with van der Waals surface area (Å²) in [6.07, 6.45) is 0.349. The van der Waals surface area contributed by atoms with Gasteiger partial charge in [-0.2, -0.15) is 0 Å². The quantitative estimate of drug-likeness (QED) is 0.433. The summed E-state index contributed by atoms with van der Waals surface area (Å²) < 4.78 is 31.7. The van der Waals surface area contributed by atoms with Gasteiger partial charge in [0, 0.05) is 24.4 Å². The Kier molecular flexibility index (Phi) is 6.95. The SMILES string of the molecule is Cc1c(Cl)c(COC(=O)CCCNC(=O)c2ccc(F)cc2F)nc2ccccc12. The Morgan fingerprint density at radius 1 is 1.17 bits per heavy atom. The molecule has 0 aliphatic heterocycles. The van der Waals surface area contributed by atoms with Crippen LogP contribution in [0.2, 0.25) is 5.02 Å². The van der Waals surface area contributed by atoms with Gasteiger partial charge >= 0.3 is 5.97 Å². The molecule has 0 bridgehead atoms. The van der Waals surface area contributed by atoms with E-state index in [4.69, 9.17) is 16.3 Å². The fourth-order valence-electron chi connectivity index (χ4n) is 2.94. The Morgan fingerprint density at radius 2 is 1.93 bits per heavy atom. The van der Waals surface area contributed by atoms with E-state index < -0.39 is 23.5 Å². The third-order valence-corrected chi connectivity index (χ3v) is 5.04. The van der Waals surface area contributed by atoms with Gasteiger partial charge in [0.25, 0.3) is 5.91 Å². The molecular weight excluding hydrogens is 414 g/mol. The van der Waals surface area contributed by atoms with Crippen molar-refractivity contribution in [2.45, 2.75) is 26.4 Å². The summed E-state index contributed by atoms with van der Waals surface area (Å²) in [6.45, 7) is 1.96. The van der Waals surface area contributed by atoms with Crippen molar-refractivity contribution in [3.8, 4) is 0 Å². The Morgan fingerprint density at radius 3 is 2.70 bits per heavy atom. The minimum atomic E-state index is -0.943. The number of amides is 1. The number of halogens is 3. The topological polar surface area (TPSA) is 68.3 Å². The van der Waals surface area contributed by atoms with Crippen molar-refractivity contribution in [3.05, 3.63) is 75.9 Å². The first-order valence-corrected chi connectivity index (χ1v) is 9.67. The summed E-state index contributed by atoms with van der Waals surface area (Å²) in [7, 11) is 0. The molecular formula is C22H19ClF2N2O3. The highest BCUT2D eigenvalue weighted by Crippen LogP contribution is 2.27. The molecule has 156 valence electrons. The molecule has 2 aromatic carbocycles. The maximum atomic E-state index is 13.6. The van der Waals surface area contributed by atoms with Crippen LogP contribution in [-0.2, 0) is 16.1 Å². The first-order valence-electron chi connectivity index (χ1n) is 9.29. The van der Waals surface area contributed by atoms with Crippen molar-refractivity contribution in [1.82, 2.24) is 10.3 Å². The van der Waals surface area contributed by atoms with E-state index in [-0.39, 0.29) is 25.1 Å². The average molecular weight is 433 g/mol. The number of para-hydroxylation sites is 1. The minimum Gasteiger partial charge on any atom is -0.459 e. The second-order valence-electron chi connectivity index (χ2n) is 6.66. The van der Waals surface area contributed by atoms with Gasteiger partial charge < -0.3 is 10.1 Å². The summed E-state index contributed by atoms with van der Waals surface area (Å²) in [4.78, 5) is 28.3. The summed E-state index contributed by atoms with van der Waals surface area (Å²) in [5, 5.41) is 3.87. The predicted octanol–water partition coefficient (Wildman–Crippen LogP) is 4.73. The zero-order valence-corrected chi connectivity index (χ0v) is 16.9. The fourth-order valence-corrected chi connectivity index (χ4v) is 3.14. The van der Waals surface area contributed by atoms with Crippen LogP contribution in [0.5, 0.6) is 0 Å². The standard InChI is InChI=1S/C22H19ClF2N2O3/c1-13-15-5-2-3-6-18(15)27-19(21(13)23)12-30-20(28)7-4-10-26-22(29)16-9-8-14(24)11-17(16)25/h2-3,5-6,8-9,11H,4,7,10,12H2,1H3,(H,26,29). The van der Waals surface area contributed by atoms with Crippen LogP contribution in [0.25, 0.3) is 10.9 Å². The number of hydrogen-bond donors (Lipinski definition) is 1. The molecule has 0 aliphatic rings.